The van der Waals surface area contributed by atoms with Crippen LogP contribution in [0.3, 0.4) is 0 Å². The summed E-state index contributed by atoms with van der Waals surface area (Å²) in [6.07, 6.45) is 6.64. The third-order valence-corrected chi connectivity index (χ3v) is 6.31. The van der Waals surface area contributed by atoms with Crippen LogP contribution in [0.15, 0.2) is 64.7 Å². The van der Waals surface area contributed by atoms with Crippen LogP contribution >= 0.6 is 23.4 Å². The van der Waals surface area contributed by atoms with Crippen LogP contribution in [0.25, 0.3) is 0 Å². The van der Waals surface area contributed by atoms with Gasteiger partial charge in [-0.3, -0.25) is 4.79 Å². The van der Waals surface area contributed by atoms with Gasteiger partial charge >= 0.3 is 0 Å². The molecule has 0 aromatic heterocycles. The second kappa shape index (κ2) is 7.84. The number of halogens is 1. The predicted octanol–water partition coefficient (Wildman–Crippen LogP) is 5.86. The summed E-state index contributed by atoms with van der Waals surface area (Å²) in [4.78, 5) is 16.3. The highest BCUT2D eigenvalue weighted by Crippen LogP contribution is 2.44. The summed E-state index contributed by atoms with van der Waals surface area (Å²) in [6.45, 7) is 8.88. The lowest BCUT2D eigenvalue weighted by Gasteiger charge is -2.35. The first-order valence-corrected chi connectivity index (χ1v) is 10.0. The zero-order chi connectivity index (χ0) is 18.0. The molecule has 0 aliphatic carbocycles. The largest absolute Gasteiger partial charge is 0.311 e. The van der Waals surface area contributed by atoms with E-state index in [-0.39, 0.29) is 16.5 Å². The molecule has 0 bridgehead atoms. The Morgan fingerprint density at radius 1 is 1.36 bits per heavy atom. The van der Waals surface area contributed by atoms with Crippen LogP contribution in [-0.4, -0.2) is 22.6 Å². The van der Waals surface area contributed by atoms with Crippen LogP contribution in [-0.2, 0) is 4.79 Å². The number of hydrogen-bond donors (Lipinski definition) is 0. The molecule has 4 heteroatoms. The molecule has 1 amide bonds. The topological polar surface area (TPSA) is 20.3 Å². The van der Waals surface area contributed by atoms with Crippen molar-refractivity contribution in [2.75, 3.05) is 6.54 Å². The lowest BCUT2D eigenvalue weighted by atomic mass is 9.98. The zero-order valence-corrected chi connectivity index (χ0v) is 16.4. The first-order valence-electron chi connectivity index (χ1n) is 8.72. The van der Waals surface area contributed by atoms with Gasteiger partial charge in [0.15, 0.2) is 0 Å². The van der Waals surface area contributed by atoms with Gasteiger partial charge in [-0.05, 0) is 56.4 Å². The number of nitrogens with zero attached hydrogens (tertiary/aromatic N) is 1. The van der Waals surface area contributed by atoms with E-state index in [1.807, 2.05) is 23.1 Å². The highest BCUT2D eigenvalue weighted by Gasteiger charge is 2.35. The number of rotatable bonds is 3. The highest BCUT2D eigenvalue weighted by atomic mass is 35.5. The van der Waals surface area contributed by atoms with Crippen LogP contribution in [0.4, 0.5) is 0 Å². The molecule has 2 nitrogen and oxygen atoms in total. The van der Waals surface area contributed by atoms with Crippen molar-refractivity contribution in [3.63, 3.8) is 0 Å². The molecule has 1 aromatic carbocycles. The second-order valence-corrected chi connectivity index (χ2v) is 8.55. The van der Waals surface area contributed by atoms with Crippen molar-refractivity contribution < 1.29 is 4.79 Å². The number of alkyl halides is 1. The molecule has 0 saturated heterocycles. The van der Waals surface area contributed by atoms with Gasteiger partial charge in [-0.2, -0.15) is 0 Å². The number of benzene rings is 1. The Labute approximate surface area is 159 Å². The van der Waals surface area contributed by atoms with Crippen LogP contribution < -0.4 is 0 Å². The Morgan fingerprint density at radius 2 is 2.12 bits per heavy atom. The number of fused-ring (bicyclic) bond motifs is 1. The van der Waals surface area contributed by atoms with Crippen molar-refractivity contribution in [2.45, 2.75) is 48.6 Å². The van der Waals surface area contributed by atoms with Crippen LogP contribution in [0.2, 0.25) is 0 Å². The monoisotopic (exact) mass is 373 g/mol. The van der Waals surface area contributed by atoms with E-state index >= 15 is 0 Å². The number of amides is 1. The van der Waals surface area contributed by atoms with Gasteiger partial charge in [-0.25, -0.2) is 0 Å². The van der Waals surface area contributed by atoms with E-state index in [1.54, 1.807) is 11.8 Å². The van der Waals surface area contributed by atoms with Crippen molar-refractivity contribution in [1.82, 2.24) is 4.90 Å². The van der Waals surface area contributed by atoms with Crippen LogP contribution in [0.5, 0.6) is 0 Å². The maximum absolute atomic E-state index is 13.3. The fourth-order valence-corrected chi connectivity index (χ4v) is 5.37. The van der Waals surface area contributed by atoms with E-state index in [0.29, 0.717) is 6.42 Å². The molecule has 2 atom stereocenters. The third-order valence-electron chi connectivity index (χ3n) is 4.59. The Hall–Kier alpha value is -1.45. The van der Waals surface area contributed by atoms with E-state index in [4.69, 9.17) is 11.6 Å². The van der Waals surface area contributed by atoms with Gasteiger partial charge in [0.2, 0.25) is 5.91 Å². The Morgan fingerprint density at radius 3 is 2.84 bits per heavy atom. The fourth-order valence-electron chi connectivity index (χ4n) is 3.50. The molecule has 0 saturated carbocycles. The molecule has 0 N–H and O–H groups in total. The molecule has 2 unspecified atom stereocenters. The van der Waals surface area contributed by atoms with Gasteiger partial charge < -0.3 is 4.90 Å². The Bertz CT molecular complexity index is 748. The van der Waals surface area contributed by atoms with E-state index < -0.39 is 0 Å². The standard InChI is InChI=1S/C21H24ClNOS/c1-4-18-15(12-14(2)3)8-7-11-23(18)21(24)20-13-17(22)16-9-5-6-10-19(16)25-20/h4-6,9-10,12,17,20H,1,7-8,11,13H2,2-3H3. The molecule has 0 spiro atoms. The van der Waals surface area contributed by atoms with Gasteiger partial charge in [-0.15, -0.1) is 23.4 Å². The van der Waals surface area contributed by atoms with E-state index in [9.17, 15) is 4.79 Å². The molecule has 1 aromatic rings. The van der Waals surface area contributed by atoms with Crippen molar-refractivity contribution in [1.29, 1.82) is 0 Å². The van der Waals surface area contributed by atoms with Gasteiger partial charge in [-0.1, -0.05) is 36.4 Å². The molecular weight excluding hydrogens is 350 g/mol. The number of thioether (sulfide) groups is 1. The summed E-state index contributed by atoms with van der Waals surface area (Å²) in [7, 11) is 0. The minimum Gasteiger partial charge on any atom is -0.311 e. The quantitative estimate of drug-likeness (QED) is 0.618. The van der Waals surface area contributed by atoms with Crippen molar-refractivity contribution in [3.05, 3.63) is 65.4 Å². The normalized spacial score (nSPS) is 23.1. The molecule has 0 fully saturated rings. The molecule has 2 heterocycles. The fraction of sp³-hybridized carbons (Fsp3) is 0.381. The minimum absolute atomic E-state index is 0.107. The summed E-state index contributed by atoms with van der Waals surface area (Å²) in [5.41, 5.74) is 4.55. The van der Waals surface area contributed by atoms with Crippen molar-refractivity contribution >= 4 is 29.3 Å². The van der Waals surface area contributed by atoms with E-state index in [0.717, 1.165) is 35.5 Å². The maximum Gasteiger partial charge on any atom is 0.240 e. The predicted molar refractivity (Wildman–Crippen MR) is 107 cm³/mol. The second-order valence-electron chi connectivity index (χ2n) is 6.78. The Balaban J connectivity index is 1.88. The summed E-state index contributed by atoms with van der Waals surface area (Å²) in [5, 5.41) is -0.247. The summed E-state index contributed by atoms with van der Waals surface area (Å²) < 4.78 is 0. The smallest absolute Gasteiger partial charge is 0.240 e. The van der Waals surface area contributed by atoms with E-state index in [2.05, 4.69) is 38.6 Å². The third kappa shape index (κ3) is 3.88. The number of carbonyl (C=O) groups excluding carboxylic acids is 1. The molecule has 0 radical (unpaired) electrons. The molecule has 25 heavy (non-hydrogen) atoms. The number of carbonyl (C=O) groups is 1. The number of allylic oxidation sites excluding steroid dienone is 4. The van der Waals surface area contributed by atoms with E-state index in [1.165, 1.54) is 11.1 Å². The highest BCUT2D eigenvalue weighted by molar-refractivity contribution is 8.00. The van der Waals surface area contributed by atoms with Gasteiger partial charge in [0.05, 0.1) is 10.6 Å². The minimum atomic E-state index is -0.140. The van der Waals surface area contributed by atoms with Crippen molar-refractivity contribution in [3.8, 4) is 0 Å². The molecular formula is C21H24ClNOS. The van der Waals surface area contributed by atoms with Gasteiger partial charge in [0.25, 0.3) is 0 Å². The first-order chi connectivity index (χ1) is 12.0. The van der Waals surface area contributed by atoms with Crippen LogP contribution in [0.1, 0.15) is 44.1 Å². The summed E-state index contributed by atoms with van der Waals surface area (Å²) in [6, 6.07) is 8.13. The van der Waals surface area contributed by atoms with Crippen molar-refractivity contribution in [2.24, 2.45) is 0 Å². The summed E-state index contributed by atoms with van der Waals surface area (Å²) >= 11 is 8.21. The van der Waals surface area contributed by atoms with Gasteiger partial charge in [0.1, 0.15) is 0 Å². The lowest BCUT2D eigenvalue weighted by molar-refractivity contribution is -0.129. The SMILES string of the molecule is C=CC1=C(C=C(C)C)CCCN1C(=O)C1CC(Cl)c2ccccc2S1. The molecule has 2 aliphatic heterocycles. The molecule has 2 aliphatic rings. The number of hydrogen-bond acceptors (Lipinski definition) is 2. The van der Waals surface area contributed by atoms with Crippen LogP contribution in [0, 0.1) is 0 Å². The maximum atomic E-state index is 13.3. The molecule has 3 rings (SSSR count). The zero-order valence-electron chi connectivity index (χ0n) is 14.8. The van der Waals surface area contributed by atoms with Gasteiger partial charge in [0, 0.05) is 17.1 Å². The average Bonchev–Trinajstić information content (AvgIpc) is 2.60. The Kier molecular flexibility index (Phi) is 5.75. The summed E-state index contributed by atoms with van der Waals surface area (Å²) in [5.74, 6) is 0.152. The first kappa shape index (κ1) is 18.3. The lowest BCUT2D eigenvalue weighted by Crippen LogP contribution is -2.40. The average molecular weight is 374 g/mol. The molecule has 132 valence electrons.